The van der Waals surface area contributed by atoms with Crippen molar-refractivity contribution in [3.05, 3.63) is 42.1 Å². The zero-order valence-electron chi connectivity index (χ0n) is 15.4. The topological polar surface area (TPSA) is 79.5 Å². The van der Waals surface area contributed by atoms with Crippen LogP contribution in [0, 0.1) is 5.92 Å². The van der Waals surface area contributed by atoms with Crippen molar-refractivity contribution in [3.8, 4) is 0 Å². The van der Waals surface area contributed by atoms with Crippen LogP contribution in [0.3, 0.4) is 0 Å². The van der Waals surface area contributed by atoms with Crippen molar-refractivity contribution in [2.24, 2.45) is 5.92 Å². The molecule has 2 fully saturated rings. The fourth-order valence-corrected chi connectivity index (χ4v) is 3.85. The zero-order valence-corrected chi connectivity index (χ0v) is 15.4. The van der Waals surface area contributed by atoms with Crippen LogP contribution < -0.4 is 4.90 Å². The van der Waals surface area contributed by atoms with Crippen LogP contribution in [-0.4, -0.2) is 46.5 Å². The Bertz CT molecular complexity index is 892. The van der Waals surface area contributed by atoms with Gasteiger partial charge in [-0.2, -0.15) is 13.2 Å². The number of alkyl halides is 3. The third-order valence-electron chi connectivity index (χ3n) is 5.38. The minimum atomic E-state index is -4.67. The monoisotopic (exact) mass is 408 g/mol. The second kappa shape index (κ2) is 7.49. The summed E-state index contributed by atoms with van der Waals surface area (Å²) in [5, 5.41) is 6.58. The van der Waals surface area contributed by atoms with Gasteiger partial charge in [0, 0.05) is 37.7 Å². The Morgan fingerprint density at radius 2 is 1.79 bits per heavy atom. The Hall–Kier alpha value is -2.91. The van der Waals surface area contributed by atoms with E-state index in [1.807, 2.05) is 30.3 Å². The fourth-order valence-electron chi connectivity index (χ4n) is 3.85. The number of likely N-dealkylation sites (tertiary alicyclic amines) is 1. The molecule has 3 heterocycles. The summed E-state index contributed by atoms with van der Waals surface area (Å²) in [6.45, 7) is 1.09. The molecule has 7 nitrogen and oxygen atoms in total. The first-order valence-electron chi connectivity index (χ1n) is 9.37. The lowest BCUT2D eigenvalue weighted by molar-refractivity contribution is -0.157. The molecule has 0 radical (unpaired) electrons. The molecule has 0 bridgehead atoms. The van der Waals surface area contributed by atoms with Gasteiger partial charge in [0.25, 0.3) is 0 Å². The summed E-state index contributed by atoms with van der Waals surface area (Å²) in [5.41, 5.74) is 0.767. The molecule has 4 rings (SSSR count). The Morgan fingerprint density at radius 1 is 1.10 bits per heavy atom. The van der Waals surface area contributed by atoms with Gasteiger partial charge in [-0.3, -0.25) is 9.59 Å². The SMILES string of the molecule is O=C(C1CC(=O)N(c2ccccc2)C1)N1CCC(c2nnc(C(F)(F)F)o2)CC1. The number of rotatable bonds is 3. The molecule has 0 N–H and O–H groups in total. The zero-order chi connectivity index (χ0) is 20.6. The summed E-state index contributed by atoms with van der Waals surface area (Å²) in [7, 11) is 0. The third-order valence-corrected chi connectivity index (χ3v) is 5.38. The predicted octanol–water partition coefficient (Wildman–Crippen LogP) is 2.85. The Balaban J connectivity index is 1.35. The molecule has 0 saturated carbocycles. The molecular formula is C19H19F3N4O3. The molecule has 2 aliphatic rings. The lowest BCUT2D eigenvalue weighted by Crippen LogP contribution is -2.42. The number of hydrogen-bond donors (Lipinski definition) is 0. The van der Waals surface area contributed by atoms with Gasteiger partial charge in [-0.25, -0.2) is 0 Å². The number of piperidine rings is 1. The first-order valence-corrected chi connectivity index (χ1v) is 9.37. The highest BCUT2D eigenvalue weighted by atomic mass is 19.4. The van der Waals surface area contributed by atoms with E-state index < -0.39 is 18.0 Å². The van der Waals surface area contributed by atoms with Crippen LogP contribution in [0.15, 0.2) is 34.7 Å². The van der Waals surface area contributed by atoms with Crippen molar-refractivity contribution in [2.45, 2.75) is 31.4 Å². The highest BCUT2D eigenvalue weighted by molar-refractivity contribution is 6.00. The van der Waals surface area contributed by atoms with Crippen molar-refractivity contribution >= 4 is 17.5 Å². The lowest BCUT2D eigenvalue weighted by Gasteiger charge is -2.32. The summed E-state index contributed by atoms with van der Waals surface area (Å²) in [4.78, 5) is 28.5. The molecule has 2 aromatic rings. The van der Waals surface area contributed by atoms with Crippen molar-refractivity contribution in [1.82, 2.24) is 15.1 Å². The van der Waals surface area contributed by atoms with Crippen molar-refractivity contribution in [2.75, 3.05) is 24.5 Å². The van der Waals surface area contributed by atoms with Gasteiger partial charge in [0.2, 0.25) is 17.7 Å². The molecule has 154 valence electrons. The molecular weight excluding hydrogens is 389 g/mol. The fraction of sp³-hybridized carbons (Fsp3) is 0.474. The predicted molar refractivity (Wildman–Crippen MR) is 94.8 cm³/mol. The molecule has 1 aromatic heterocycles. The summed E-state index contributed by atoms with van der Waals surface area (Å²) >= 11 is 0. The molecule has 29 heavy (non-hydrogen) atoms. The minimum Gasteiger partial charge on any atom is -0.417 e. The van der Waals surface area contributed by atoms with E-state index in [0.717, 1.165) is 5.69 Å². The normalized spacial score (nSPS) is 21.1. The first kappa shape index (κ1) is 19.4. The number of hydrogen-bond acceptors (Lipinski definition) is 5. The average molecular weight is 408 g/mol. The van der Waals surface area contributed by atoms with E-state index in [9.17, 15) is 22.8 Å². The second-order valence-corrected chi connectivity index (χ2v) is 7.28. The molecule has 2 aliphatic heterocycles. The van der Waals surface area contributed by atoms with Gasteiger partial charge in [-0.15, -0.1) is 10.2 Å². The summed E-state index contributed by atoms with van der Waals surface area (Å²) in [5.74, 6) is -2.31. The number of carbonyl (C=O) groups excluding carboxylic acids is 2. The maximum Gasteiger partial charge on any atom is 0.470 e. The van der Waals surface area contributed by atoms with Crippen molar-refractivity contribution in [3.63, 3.8) is 0 Å². The van der Waals surface area contributed by atoms with E-state index in [1.54, 1.807) is 9.80 Å². The molecule has 2 saturated heterocycles. The average Bonchev–Trinajstić information content (AvgIpc) is 3.35. The van der Waals surface area contributed by atoms with E-state index in [1.165, 1.54) is 0 Å². The minimum absolute atomic E-state index is 0.0456. The van der Waals surface area contributed by atoms with Crippen LogP contribution in [0.4, 0.5) is 18.9 Å². The lowest BCUT2D eigenvalue weighted by atomic mass is 9.95. The van der Waals surface area contributed by atoms with E-state index in [4.69, 9.17) is 4.42 Å². The van der Waals surface area contributed by atoms with E-state index in [-0.39, 0.29) is 30.0 Å². The molecule has 2 amide bonds. The maximum absolute atomic E-state index is 12.8. The largest absolute Gasteiger partial charge is 0.470 e. The van der Waals surface area contributed by atoms with Gasteiger partial charge in [-0.1, -0.05) is 18.2 Å². The molecule has 10 heteroatoms. The Labute approximate surface area is 164 Å². The van der Waals surface area contributed by atoms with Crippen LogP contribution in [0.2, 0.25) is 0 Å². The highest BCUT2D eigenvalue weighted by Crippen LogP contribution is 2.33. The number of amides is 2. The van der Waals surface area contributed by atoms with Gasteiger partial charge in [0.15, 0.2) is 0 Å². The Morgan fingerprint density at radius 3 is 2.41 bits per heavy atom. The van der Waals surface area contributed by atoms with Crippen LogP contribution in [0.5, 0.6) is 0 Å². The number of carbonyl (C=O) groups is 2. The number of para-hydroxylation sites is 1. The smallest absolute Gasteiger partial charge is 0.417 e. The molecule has 0 spiro atoms. The maximum atomic E-state index is 12.8. The number of nitrogens with zero attached hydrogens (tertiary/aromatic N) is 4. The van der Waals surface area contributed by atoms with Crippen molar-refractivity contribution < 1.29 is 27.2 Å². The van der Waals surface area contributed by atoms with Crippen LogP contribution in [0.25, 0.3) is 0 Å². The van der Waals surface area contributed by atoms with E-state index >= 15 is 0 Å². The third kappa shape index (κ3) is 3.96. The molecule has 0 aliphatic carbocycles. The van der Waals surface area contributed by atoms with Gasteiger partial charge in [-0.05, 0) is 25.0 Å². The first-order chi connectivity index (χ1) is 13.8. The number of halogens is 3. The van der Waals surface area contributed by atoms with Crippen molar-refractivity contribution in [1.29, 1.82) is 0 Å². The van der Waals surface area contributed by atoms with Gasteiger partial charge >= 0.3 is 12.1 Å². The number of anilines is 1. The second-order valence-electron chi connectivity index (χ2n) is 7.28. The number of benzene rings is 1. The Kier molecular flexibility index (Phi) is 5.01. The summed E-state index contributed by atoms with van der Waals surface area (Å²) in [6, 6.07) is 9.19. The summed E-state index contributed by atoms with van der Waals surface area (Å²) in [6.07, 6.45) is -3.63. The quantitative estimate of drug-likeness (QED) is 0.780. The summed E-state index contributed by atoms with van der Waals surface area (Å²) < 4.78 is 42.6. The van der Waals surface area contributed by atoms with Gasteiger partial charge in [0.1, 0.15) is 0 Å². The number of aromatic nitrogens is 2. The standard InChI is InChI=1S/C19H19F3N4O3/c20-19(21,22)18-24-23-16(29-18)12-6-8-25(9-7-12)17(28)13-10-15(27)26(11-13)14-4-2-1-3-5-14/h1-5,12-13H,6-11H2. The van der Waals surface area contributed by atoms with Crippen LogP contribution >= 0.6 is 0 Å². The molecule has 1 unspecified atom stereocenters. The molecule has 1 aromatic carbocycles. The van der Waals surface area contributed by atoms with E-state index in [0.29, 0.717) is 32.5 Å². The van der Waals surface area contributed by atoms with Gasteiger partial charge in [0.05, 0.1) is 5.92 Å². The van der Waals surface area contributed by atoms with Gasteiger partial charge < -0.3 is 14.2 Å². The van der Waals surface area contributed by atoms with Crippen LogP contribution in [-0.2, 0) is 15.8 Å². The highest BCUT2D eigenvalue weighted by Gasteiger charge is 2.41. The molecule has 1 atom stereocenters. The van der Waals surface area contributed by atoms with Crippen LogP contribution in [0.1, 0.15) is 37.0 Å². The van der Waals surface area contributed by atoms with E-state index in [2.05, 4.69) is 10.2 Å².